The average Bonchev–Trinajstić information content (AvgIpc) is 2.65. The maximum absolute atomic E-state index is 5.46. The highest BCUT2D eigenvalue weighted by Gasteiger charge is 2.19. The third kappa shape index (κ3) is 6.18. The van der Waals surface area contributed by atoms with Crippen molar-refractivity contribution in [2.24, 2.45) is 4.99 Å². The highest BCUT2D eigenvalue weighted by molar-refractivity contribution is 5.79. The van der Waals surface area contributed by atoms with Crippen molar-refractivity contribution in [1.29, 1.82) is 0 Å². The van der Waals surface area contributed by atoms with Crippen molar-refractivity contribution in [3.05, 3.63) is 29.3 Å². The van der Waals surface area contributed by atoms with Crippen LogP contribution in [-0.4, -0.2) is 82.3 Å². The van der Waals surface area contributed by atoms with E-state index in [9.17, 15) is 0 Å². The first-order valence-electron chi connectivity index (χ1n) is 9.54. The second kappa shape index (κ2) is 10.4. The molecule has 2 rings (SSSR count). The first-order valence-corrected chi connectivity index (χ1v) is 9.54. The van der Waals surface area contributed by atoms with Crippen molar-refractivity contribution in [1.82, 2.24) is 20.4 Å². The van der Waals surface area contributed by atoms with Gasteiger partial charge in [0.05, 0.1) is 7.11 Å². The van der Waals surface area contributed by atoms with E-state index in [0.717, 1.165) is 57.4 Å². The zero-order valence-electron chi connectivity index (χ0n) is 17.0. The monoisotopic (exact) mass is 361 g/mol. The zero-order chi connectivity index (χ0) is 18.9. The Kier molecular flexibility index (Phi) is 8.19. The molecule has 1 aromatic rings. The van der Waals surface area contributed by atoms with Gasteiger partial charge in [-0.2, -0.15) is 0 Å². The topological polar surface area (TPSA) is 52.1 Å². The molecule has 1 heterocycles. The van der Waals surface area contributed by atoms with Crippen molar-refractivity contribution in [3.63, 3.8) is 0 Å². The van der Waals surface area contributed by atoms with Gasteiger partial charge in [-0.25, -0.2) is 0 Å². The lowest BCUT2D eigenvalue weighted by Gasteiger charge is -2.36. The standard InChI is InChI=1S/C20H35N5O/c1-16-6-7-19(26-5)18(14-16)8-9-22-20(21-3)23-15-17(2)25-12-10-24(4)11-13-25/h6-7,14,17H,8-13,15H2,1-5H3,(H2,21,22,23). The van der Waals surface area contributed by atoms with Crippen molar-refractivity contribution >= 4 is 5.96 Å². The molecule has 26 heavy (non-hydrogen) atoms. The van der Waals surface area contributed by atoms with Gasteiger partial charge < -0.3 is 20.3 Å². The fraction of sp³-hybridized carbons (Fsp3) is 0.650. The molecule has 0 spiro atoms. The summed E-state index contributed by atoms with van der Waals surface area (Å²) in [5.41, 5.74) is 2.48. The smallest absolute Gasteiger partial charge is 0.191 e. The van der Waals surface area contributed by atoms with Crippen molar-refractivity contribution < 1.29 is 4.74 Å². The molecule has 1 aliphatic heterocycles. The number of nitrogens with one attached hydrogen (secondary N) is 2. The molecule has 0 aromatic heterocycles. The third-order valence-corrected chi connectivity index (χ3v) is 5.07. The number of likely N-dealkylation sites (N-methyl/N-ethyl adjacent to an activating group) is 1. The Bertz CT molecular complexity index is 582. The summed E-state index contributed by atoms with van der Waals surface area (Å²) >= 11 is 0. The predicted molar refractivity (Wildman–Crippen MR) is 109 cm³/mol. The zero-order valence-corrected chi connectivity index (χ0v) is 17.0. The highest BCUT2D eigenvalue weighted by Crippen LogP contribution is 2.19. The lowest BCUT2D eigenvalue weighted by Crippen LogP contribution is -2.52. The molecule has 146 valence electrons. The summed E-state index contributed by atoms with van der Waals surface area (Å²) in [7, 11) is 5.74. The molecule has 1 fully saturated rings. The van der Waals surface area contributed by atoms with Crippen LogP contribution in [0.5, 0.6) is 5.75 Å². The minimum absolute atomic E-state index is 0.499. The van der Waals surface area contributed by atoms with Crippen LogP contribution >= 0.6 is 0 Å². The van der Waals surface area contributed by atoms with Gasteiger partial charge >= 0.3 is 0 Å². The largest absolute Gasteiger partial charge is 0.496 e. The molecule has 0 saturated carbocycles. The Morgan fingerprint density at radius 2 is 1.96 bits per heavy atom. The third-order valence-electron chi connectivity index (χ3n) is 5.07. The highest BCUT2D eigenvalue weighted by atomic mass is 16.5. The molecule has 1 aliphatic rings. The van der Waals surface area contributed by atoms with Crippen molar-refractivity contribution in [2.45, 2.75) is 26.3 Å². The van der Waals surface area contributed by atoms with Crippen LogP contribution in [-0.2, 0) is 6.42 Å². The van der Waals surface area contributed by atoms with Gasteiger partial charge in [0, 0.05) is 52.4 Å². The number of hydrogen-bond donors (Lipinski definition) is 2. The Hall–Kier alpha value is -1.79. The number of aliphatic imine (C=N–C) groups is 1. The molecule has 0 radical (unpaired) electrons. The number of rotatable bonds is 7. The molecule has 6 heteroatoms. The number of aryl methyl sites for hydroxylation is 1. The number of hydrogen-bond acceptors (Lipinski definition) is 4. The van der Waals surface area contributed by atoms with Crippen LogP contribution in [0.25, 0.3) is 0 Å². The molecule has 0 aliphatic carbocycles. The quantitative estimate of drug-likeness (QED) is 0.567. The summed E-state index contributed by atoms with van der Waals surface area (Å²) in [6.07, 6.45) is 0.902. The van der Waals surface area contributed by atoms with E-state index in [0.29, 0.717) is 6.04 Å². The average molecular weight is 362 g/mol. The van der Waals surface area contributed by atoms with E-state index in [-0.39, 0.29) is 0 Å². The van der Waals surface area contributed by atoms with E-state index in [1.165, 1.54) is 11.1 Å². The van der Waals surface area contributed by atoms with Gasteiger partial charge in [-0.05, 0) is 38.9 Å². The molecule has 1 aromatic carbocycles. The summed E-state index contributed by atoms with van der Waals surface area (Å²) in [4.78, 5) is 9.27. The molecule has 1 saturated heterocycles. The molecule has 6 nitrogen and oxygen atoms in total. The Labute approximate surface area is 158 Å². The summed E-state index contributed by atoms with van der Waals surface area (Å²) in [6.45, 7) is 10.7. The maximum atomic E-state index is 5.46. The number of ether oxygens (including phenoxy) is 1. The number of nitrogens with zero attached hydrogens (tertiary/aromatic N) is 3. The van der Waals surface area contributed by atoms with E-state index in [1.807, 2.05) is 13.1 Å². The molecule has 1 atom stereocenters. The predicted octanol–water partition coefficient (Wildman–Crippen LogP) is 1.35. The first kappa shape index (κ1) is 20.5. The Morgan fingerprint density at radius 1 is 1.23 bits per heavy atom. The maximum Gasteiger partial charge on any atom is 0.191 e. The van der Waals surface area contributed by atoms with Crippen LogP contribution < -0.4 is 15.4 Å². The lowest BCUT2D eigenvalue weighted by molar-refractivity contribution is 0.120. The molecular formula is C20H35N5O. The van der Waals surface area contributed by atoms with E-state index in [4.69, 9.17) is 4.74 Å². The lowest BCUT2D eigenvalue weighted by atomic mass is 10.1. The number of guanidine groups is 1. The minimum Gasteiger partial charge on any atom is -0.496 e. The number of piperazine rings is 1. The summed E-state index contributed by atoms with van der Waals surface area (Å²) < 4.78 is 5.46. The van der Waals surface area contributed by atoms with Crippen molar-refractivity contribution in [2.75, 3.05) is 60.5 Å². The van der Waals surface area contributed by atoms with Crippen molar-refractivity contribution in [3.8, 4) is 5.75 Å². The van der Waals surface area contributed by atoms with Gasteiger partial charge in [-0.1, -0.05) is 17.7 Å². The van der Waals surface area contributed by atoms with Crippen LogP contribution in [0.15, 0.2) is 23.2 Å². The normalized spacial score (nSPS) is 17.8. The van der Waals surface area contributed by atoms with Crippen LogP contribution in [0.4, 0.5) is 0 Å². The fourth-order valence-corrected chi connectivity index (χ4v) is 3.28. The van der Waals surface area contributed by atoms with Gasteiger partial charge in [0.15, 0.2) is 5.96 Å². The van der Waals surface area contributed by atoms with Gasteiger partial charge in [0.25, 0.3) is 0 Å². The molecular weight excluding hydrogens is 326 g/mol. The summed E-state index contributed by atoms with van der Waals surface area (Å²) in [5, 5.41) is 6.87. The van der Waals surface area contributed by atoms with Crippen LogP contribution in [0.3, 0.4) is 0 Å². The second-order valence-corrected chi connectivity index (χ2v) is 7.13. The molecule has 0 bridgehead atoms. The molecule has 2 N–H and O–H groups in total. The van der Waals surface area contributed by atoms with E-state index in [1.54, 1.807) is 7.11 Å². The van der Waals surface area contributed by atoms with Crippen LogP contribution in [0, 0.1) is 6.92 Å². The minimum atomic E-state index is 0.499. The second-order valence-electron chi connectivity index (χ2n) is 7.13. The van der Waals surface area contributed by atoms with Gasteiger partial charge in [0.2, 0.25) is 0 Å². The van der Waals surface area contributed by atoms with Gasteiger partial charge in [-0.3, -0.25) is 9.89 Å². The number of benzene rings is 1. The van der Waals surface area contributed by atoms with Gasteiger partial charge in [-0.15, -0.1) is 0 Å². The SMILES string of the molecule is CN=C(NCCc1cc(C)ccc1OC)NCC(C)N1CCN(C)CC1. The summed E-state index contributed by atoms with van der Waals surface area (Å²) in [6, 6.07) is 6.80. The van der Waals surface area contributed by atoms with E-state index in [2.05, 4.69) is 58.5 Å². The van der Waals surface area contributed by atoms with E-state index < -0.39 is 0 Å². The fourth-order valence-electron chi connectivity index (χ4n) is 3.28. The summed E-state index contributed by atoms with van der Waals surface area (Å²) in [5.74, 6) is 1.81. The Balaban J connectivity index is 1.75. The Morgan fingerprint density at radius 3 is 2.62 bits per heavy atom. The number of methoxy groups -OCH3 is 1. The van der Waals surface area contributed by atoms with Crippen LogP contribution in [0.2, 0.25) is 0 Å². The van der Waals surface area contributed by atoms with E-state index >= 15 is 0 Å². The van der Waals surface area contributed by atoms with Crippen LogP contribution in [0.1, 0.15) is 18.1 Å². The first-order chi connectivity index (χ1) is 12.5. The molecule has 0 amide bonds. The van der Waals surface area contributed by atoms with Gasteiger partial charge in [0.1, 0.15) is 5.75 Å². The molecule has 1 unspecified atom stereocenters.